The van der Waals surface area contributed by atoms with Crippen LogP contribution in [0.5, 0.6) is 0 Å². The van der Waals surface area contributed by atoms with Crippen LogP contribution in [0.4, 0.5) is 5.69 Å². The summed E-state index contributed by atoms with van der Waals surface area (Å²) in [5, 5.41) is 11.8. The number of hydrogen-bond donors (Lipinski definition) is 0. The van der Waals surface area contributed by atoms with Gasteiger partial charge in [-0.2, -0.15) is 0 Å². The molecule has 0 bridgehead atoms. The third-order valence-corrected chi connectivity index (χ3v) is 2.46. The summed E-state index contributed by atoms with van der Waals surface area (Å²) in [5.74, 6) is 2.53. The van der Waals surface area contributed by atoms with Crippen molar-refractivity contribution in [3.63, 3.8) is 0 Å². The van der Waals surface area contributed by atoms with Gasteiger partial charge in [-0.25, -0.2) is 0 Å². The van der Waals surface area contributed by atoms with Gasteiger partial charge in [0, 0.05) is 30.6 Å². The average Bonchev–Trinajstić information content (AvgIpc) is 2.69. The fourth-order valence-electron chi connectivity index (χ4n) is 1.76. The standard InChI is InChI=1S/C12H10N2O2/c1-2-3-8-13-9-7-10-5-4-6-11(12(10)13)14(15)16/h1,4-7,9H,3,8H2. The highest BCUT2D eigenvalue weighted by Crippen LogP contribution is 2.26. The van der Waals surface area contributed by atoms with Crippen molar-refractivity contribution in [3.8, 4) is 12.3 Å². The van der Waals surface area contributed by atoms with Crippen molar-refractivity contribution in [2.24, 2.45) is 0 Å². The maximum absolute atomic E-state index is 10.9. The first-order valence-corrected chi connectivity index (χ1v) is 4.90. The Balaban J connectivity index is 2.59. The van der Waals surface area contributed by atoms with E-state index >= 15 is 0 Å². The summed E-state index contributed by atoms with van der Waals surface area (Å²) >= 11 is 0. The fraction of sp³-hybridized carbons (Fsp3) is 0.167. The van der Waals surface area contributed by atoms with Crippen LogP contribution in [0.2, 0.25) is 0 Å². The lowest BCUT2D eigenvalue weighted by Crippen LogP contribution is -1.98. The Morgan fingerprint density at radius 2 is 2.25 bits per heavy atom. The maximum Gasteiger partial charge on any atom is 0.293 e. The molecule has 0 atom stereocenters. The number of fused-ring (bicyclic) bond motifs is 1. The quantitative estimate of drug-likeness (QED) is 0.448. The van der Waals surface area contributed by atoms with Crippen LogP contribution in [0.3, 0.4) is 0 Å². The molecule has 0 saturated heterocycles. The minimum atomic E-state index is -0.366. The zero-order chi connectivity index (χ0) is 11.5. The number of aromatic nitrogens is 1. The molecule has 1 heterocycles. The first-order chi connectivity index (χ1) is 7.74. The number of rotatable bonds is 3. The zero-order valence-electron chi connectivity index (χ0n) is 8.59. The molecule has 4 heteroatoms. The van der Waals surface area contributed by atoms with Gasteiger partial charge in [-0.1, -0.05) is 12.1 Å². The predicted molar refractivity (Wildman–Crippen MR) is 62.0 cm³/mol. The summed E-state index contributed by atoms with van der Waals surface area (Å²) in [7, 11) is 0. The summed E-state index contributed by atoms with van der Waals surface area (Å²) in [6.07, 6.45) is 7.58. The van der Waals surface area contributed by atoms with E-state index in [-0.39, 0.29) is 10.6 Å². The third kappa shape index (κ3) is 1.63. The van der Waals surface area contributed by atoms with Crippen molar-refractivity contribution in [3.05, 3.63) is 40.6 Å². The van der Waals surface area contributed by atoms with Crippen molar-refractivity contribution in [2.75, 3.05) is 0 Å². The number of non-ortho nitro benzene ring substituents is 1. The zero-order valence-corrected chi connectivity index (χ0v) is 8.59. The number of nitro groups is 1. The van der Waals surface area contributed by atoms with Crippen LogP contribution < -0.4 is 0 Å². The summed E-state index contributed by atoms with van der Waals surface area (Å²) in [6.45, 7) is 0.602. The van der Waals surface area contributed by atoms with Gasteiger partial charge in [-0.3, -0.25) is 10.1 Å². The fourth-order valence-corrected chi connectivity index (χ4v) is 1.76. The maximum atomic E-state index is 10.9. The van der Waals surface area contributed by atoms with E-state index in [0.29, 0.717) is 18.5 Å². The van der Waals surface area contributed by atoms with Gasteiger partial charge in [0.2, 0.25) is 0 Å². The molecule has 0 aliphatic heterocycles. The molecular weight excluding hydrogens is 204 g/mol. The summed E-state index contributed by atoms with van der Waals surface area (Å²) < 4.78 is 1.83. The second-order valence-corrected chi connectivity index (χ2v) is 3.44. The molecule has 1 aromatic heterocycles. The molecular formula is C12H10N2O2. The normalized spacial score (nSPS) is 10.2. The monoisotopic (exact) mass is 214 g/mol. The molecule has 4 nitrogen and oxygen atoms in total. The Morgan fingerprint density at radius 3 is 2.94 bits per heavy atom. The Hall–Kier alpha value is -2.28. The smallest absolute Gasteiger partial charge is 0.293 e. The van der Waals surface area contributed by atoms with Crippen LogP contribution in [0.1, 0.15) is 6.42 Å². The lowest BCUT2D eigenvalue weighted by atomic mass is 10.2. The van der Waals surface area contributed by atoms with Gasteiger partial charge in [-0.05, 0) is 6.07 Å². The molecule has 2 aromatic rings. The number of aryl methyl sites for hydroxylation is 1. The second kappa shape index (κ2) is 4.07. The van der Waals surface area contributed by atoms with Gasteiger partial charge in [0.25, 0.3) is 5.69 Å². The van der Waals surface area contributed by atoms with Gasteiger partial charge in [-0.15, -0.1) is 12.3 Å². The molecule has 0 aliphatic rings. The van der Waals surface area contributed by atoms with E-state index in [1.807, 2.05) is 22.9 Å². The van der Waals surface area contributed by atoms with E-state index in [1.54, 1.807) is 6.07 Å². The lowest BCUT2D eigenvalue weighted by Gasteiger charge is -2.02. The van der Waals surface area contributed by atoms with Crippen molar-refractivity contribution >= 4 is 16.6 Å². The molecule has 0 unspecified atom stereocenters. The highest BCUT2D eigenvalue weighted by Gasteiger charge is 2.14. The van der Waals surface area contributed by atoms with Crippen LogP contribution >= 0.6 is 0 Å². The van der Waals surface area contributed by atoms with E-state index in [4.69, 9.17) is 6.42 Å². The van der Waals surface area contributed by atoms with Gasteiger partial charge < -0.3 is 4.57 Å². The lowest BCUT2D eigenvalue weighted by molar-refractivity contribution is -0.383. The van der Waals surface area contributed by atoms with Crippen LogP contribution in [-0.4, -0.2) is 9.49 Å². The molecule has 0 amide bonds. The second-order valence-electron chi connectivity index (χ2n) is 3.44. The molecule has 16 heavy (non-hydrogen) atoms. The van der Waals surface area contributed by atoms with Crippen LogP contribution in [0.25, 0.3) is 10.9 Å². The summed E-state index contributed by atoms with van der Waals surface area (Å²) in [4.78, 5) is 10.5. The van der Waals surface area contributed by atoms with Crippen LogP contribution in [0.15, 0.2) is 30.5 Å². The molecule has 2 rings (SSSR count). The van der Waals surface area contributed by atoms with Crippen LogP contribution in [-0.2, 0) is 6.54 Å². The van der Waals surface area contributed by atoms with Gasteiger partial charge in [0.15, 0.2) is 0 Å². The SMILES string of the molecule is C#CCCn1ccc2cccc([N+](=O)[O-])c21. The Labute approximate surface area is 92.6 Å². The average molecular weight is 214 g/mol. The van der Waals surface area contributed by atoms with E-state index in [2.05, 4.69) is 5.92 Å². The molecule has 0 aliphatic carbocycles. The van der Waals surface area contributed by atoms with Gasteiger partial charge in [0.05, 0.1) is 4.92 Å². The molecule has 0 fully saturated rings. The van der Waals surface area contributed by atoms with Gasteiger partial charge in [0.1, 0.15) is 5.52 Å². The van der Waals surface area contributed by atoms with E-state index in [0.717, 1.165) is 5.39 Å². The Kier molecular flexibility index (Phi) is 2.61. The molecule has 0 N–H and O–H groups in total. The molecule has 0 saturated carbocycles. The minimum Gasteiger partial charge on any atom is -0.341 e. The van der Waals surface area contributed by atoms with Crippen molar-refractivity contribution < 1.29 is 4.92 Å². The van der Waals surface area contributed by atoms with Crippen molar-refractivity contribution in [1.29, 1.82) is 0 Å². The highest BCUT2D eigenvalue weighted by atomic mass is 16.6. The molecule has 0 radical (unpaired) electrons. The van der Waals surface area contributed by atoms with Crippen LogP contribution in [0, 0.1) is 22.5 Å². The first kappa shape index (κ1) is 10.2. The number of para-hydroxylation sites is 1. The first-order valence-electron chi connectivity index (χ1n) is 4.90. The number of nitro benzene ring substituents is 1. The number of hydrogen-bond acceptors (Lipinski definition) is 2. The Bertz CT molecular complexity index is 578. The van der Waals surface area contributed by atoms with Gasteiger partial charge >= 0.3 is 0 Å². The third-order valence-electron chi connectivity index (χ3n) is 2.46. The largest absolute Gasteiger partial charge is 0.341 e. The van der Waals surface area contributed by atoms with Crippen molar-refractivity contribution in [2.45, 2.75) is 13.0 Å². The minimum absolute atomic E-state index is 0.125. The molecule has 0 spiro atoms. The predicted octanol–water partition coefficient (Wildman–Crippen LogP) is 2.57. The topological polar surface area (TPSA) is 48.1 Å². The number of terminal acetylenes is 1. The highest BCUT2D eigenvalue weighted by molar-refractivity contribution is 5.88. The molecule has 1 aromatic carbocycles. The summed E-state index contributed by atoms with van der Waals surface area (Å²) in [5.41, 5.74) is 0.766. The summed E-state index contributed by atoms with van der Waals surface area (Å²) in [6, 6.07) is 6.91. The number of benzene rings is 1. The number of nitrogens with zero attached hydrogens (tertiary/aromatic N) is 2. The molecule has 80 valence electrons. The van der Waals surface area contributed by atoms with E-state index in [9.17, 15) is 10.1 Å². The van der Waals surface area contributed by atoms with E-state index < -0.39 is 0 Å². The Morgan fingerprint density at radius 1 is 1.44 bits per heavy atom. The van der Waals surface area contributed by atoms with E-state index in [1.165, 1.54) is 6.07 Å². The van der Waals surface area contributed by atoms with Crippen molar-refractivity contribution in [1.82, 2.24) is 4.57 Å².